The quantitative estimate of drug-likeness (QED) is 0.600. The second-order valence-corrected chi connectivity index (χ2v) is 3.88. The Balaban J connectivity index is 0.000000845. The molecule has 4 heteroatoms. The molecule has 2 fully saturated rings. The molecule has 3 nitrogen and oxygen atoms in total. The fourth-order valence-electron chi connectivity index (χ4n) is 2.33. The molecule has 0 aromatic carbocycles. The molecule has 0 saturated carbocycles. The maximum atomic E-state index is 10.7. The zero-order valence-corrected chi connectivity index (χ0v) is 8.68. The Kier molecular flexibility index (Phi) is 3.56. The predicted octanol–water partition coefficient (Wildman–Crippen LogP) is 1.07. The SMILES string of the molecule is CC(=O)OC1CC2CCN(C2)C1.Cl. The summed E-state index contributed by atoms with van der Waals surface area (Å²) in [6.45, 7) is 4.86. The van der Waals surface area contributed by atoms with Crippen LogP contribution in [0.3, 0.4) is 0 Å². The van der Waals surface area contributed by atoms with E-state index in [1.54, 1.807) is 0 Å². The van der Waals surface area contributed by atoms with Crippen molar-refractivity contribution in [2.24, 2.45) is 5.92 Å². The van der Waals surface area contributed by atoms with E-state index < -0.39 is 0 Å². The molecule has 2 rings (SSSR count). The topological polar surface area (TPSA) is 29.5 Å². The first kappa shape index (κ1) is 10.8. The van der Waals surface area contributed by atoms with Crippen LogP contribution in [0.25, 0.3) is 0 Å². The summed E-state index contributed by atoms with van der Waals surface area (Å²) < 4.78 is 5.19. The highest BCUT2D eigenvalue weighted by Gasteiger charge is 2.33. The maximum Gasteiger partial charge on any atom is 0.302 e. The number of hydrogen-bond donors (Lipinski definition) is 0. The van der Waals surface area contributed by atoms with Crippen LogP contribution >= 0.6 is 12.4 Å². The molecule has 2 aliphatic rings. The van der Waals surface area contributed by atoms with E-state index in [0.29, 0.717) is 0 Å². The molecule has 0 amide bonds. The van der Waals surface area contributed by atoms with Crippen molar-refractivity contribution in [3.63, 3.8) is 0 Å². The fourth-order valence-corrected chi connectivity index (χ4v) is 2.33. The van der Waals surface area contributed by atoms with Gasteiger partial charge in [-0.1, -0.05) is 0 Å². The number of fused-ring (bicyclic) bond motifs is 2. The van der Waals surface area contributed by atoms with Gasteiger partial charge in [0.1, 0.15) is 6.10 Å². The lowest BCUT2D eigenvalue weighted by atomic mass is 9.99. The summed E-state index contributed by atoms with van der Waals surface area (Å²) in [5, 5.41) is 0. The van der Waals surface area contributed by atoms with Crippen LogP contribution in [0.15, 0.2) is 0 Å². The molecule has 0 radical (unpaired) electrons. The van der Waals surface area contributed by atoms with E-state index in [4.69, 9.17) is 4.74 Å². The molecular formula is C9H16ClNO2. The monoisotopic (exact) mass is 205 g/mol. The number of hydrogen-bond acceptors (Lipinski definition) is 3. The number of nitrogens with zero attached hydrogens (tertiary/aromatic N) is 1. The van der Waals surface area contributed by atoms with Crippen LogP contribution in [0.1, 0.15) is 19.8 Å². The Morgan fingerprint density at radius 2 is 2.23 bits per heavy atom. The molecule has 76 valence electrons. The van der Waals surface area contributed by atoms with Gasteiger partial charge in [-0.25, -0.2) is 0 Å². The smallest absolute Gasteiger partial charge is 0.302 e. The molecule has 3 unspecified atom stereocenters. The summed E-state index contributed by atoms with van der Waals surface area (Å²) in [7, 11) is 0. The first-order valence-electron chi connectivity index (χ1n) is 4.63. The van der Waals surface area contributed by atoms with Crippen molar-refractivity contribution in [1.29, 1.82) is 0 Å². The first-order valence-corrected chi connectivity index (χ1v) is 4.63. The molecule has 3 atom stereocenters. The number of rotatable bonds is 1. The van der Waals surface area contributed by atoms with Gasteiger partial charge in [0.25, 0.3) is 0 Å². The normalized spacial score (nSPS) is 36.5. The molecule has 0 spiro atoms. The molecule has 0 aromatic rings. The number of ether oxygens (including phenoxy) is 1. The van der Waals surface area contributed by atoms with Crippen LogP contribution in [0.5, 0.6) is 0 Å². The third kappa shape index (κ3) is 2.58. The number of esters is 1. The van der Waals surface area contributed by atoms with Gasteiger partial charge in [0, 0.05) is 20.0 Å². The van der Waals surface area contributed by atoms with Gasteiger partial charge in [-0.15, -0.1) is 12.4 Å². The number of carbonyl (C=O) groups is 1. The van der Waals surface area contributed by atoms with Gasteiger partial charge in [-0.05, 0) is 25.3 Å². The molecule has 0 N–H and O–H groups in total. The van der Waals surface area contributed by atoms with Crippen LogP contribution in [0, 0.1) is 5.92 Å². The van der Waals surface area contributed by atoms with Gasteiger partial charge in [-0.3, -0.25) is 9.69 Å². The standard InChI is InChI=1S/C9H15NO2.ClH/c1-7(11)12-9-4-8-2-3-10(5-8)6-9;/h8-9H,2-6H2,1H3;1H. The lowest BCUT2D eigenvalue weighted by Gasteiger charge is -2.29. The second kappa shape index (κ2) is 4.29. The minimum absolute atomic E-state index is 0. The summed E-state index contributed by atoms with van der Waals surface area (Å²) in [6.07, 6.45) is 2.54. The van der Waals surface area contributed by atoms with Crippen molar-refractivity contribution < 1.29 is 9.53 Å². The summed E-state index contributed by atoms with van der Waals surface area (Å²) >= 11 is 0. The van der Waals surface area contributed by atoms with E-state index in [-0.39, 0.29) is 24.5 Å². The molecule has 2 heterocycles. The average molecular weight is 206 g/mol. The third-order valence-electron chi connectivity index (χ3n) is 2.76. The summed E-state index contributed by atoms with van der Waals surface area (Å²) in [4.78, 5) is 13.1. The fraction of sp³-hybridized carbons (Fsp3) is 0.889. The van der Waals surface area contributed by atoms with E-state index >= 15 is 0 Å². The number of carbonyl (C=O) groups excluding carboxylic acids is 1. The van der Waals surface area contributed by atoms with E-state index in [1.807, 2.05) is 0 Å². The van der Waals surface area contributed by atoms with Crippen LogP contribution < -0.4 is 0 Å². The molecule has 2 bridgehead atoms. The maximum absolute atomic E-state index is 10.7. The van der Waals surface area contributed by atoms with Crippen LogP contribution in [-0.2, 0) is 9.53 Å². The molecule has 0 aromatic heterocycles. The highest BCUT2D eigenvalue weighted by Crippen LogP contribution is 2.28. The van der Waals surface area contributed by atoms with Crippen LogP contribution in [0.2, 0.25) is 0 Å². The Morgan fingerprint density at radius 3 is 2.85 bits per heavy atom. The van der Waals surface area contributed by atoms with Gasteiger partial charge in [0.15, 0.2) is 0 Å². The van der Waals surface area contributed by atoms with Gasteiger partial charge in [-0.2, -0.15) is 0 Å². The van der Waals surface area contributed by atoms with Gasteiger partial charge >= 0.3 is 5.97 Å². The summed E-state index contributed by atoms with van der Waals surface area (Å²) in [6, 6.07) is 0. The van der Waals surface area contributed by atoms with Crippen molar-refractivity contribution in [1.82, 2.24) is 4.90 Å². The Labute approximate surface area is 84.8 Å². The highest BCUT2D eigenvalue weighted by atomic mass is 35.5. The Morgan fingerprint density at radius 1 is 1.46 bits per heavy atom. The molecule has 2 saturated heterocycles. The zero-order chi connectivity index (χ0) is 8.55. The lowest BCUT2D eigenvalue weighted by molar-refractivity contribution is -0.148. The molecule has 0 aliphatic carbocycles. The number of piperidine rings is 1. The molecular weight excluding hydrogens is 190 g/mol. The van der Waals surface area contributed by atoms with E-state index in [9.17, 15) is 4.79 Å². The van der Waals surface area contributed by atoms with Gasteiger partial charge in [0.2, 0.25) is 0 Å². The number of halogens is 1. The summed E-state index contributed by atoms with van der Waals surface area (Å²) in [5.41, 5.74) is 0. The van der Waals surface area contributed by atoms with Crippen molar-refractivity contribution in [2.75, 3.05) is 19.6 Å². The second-order valence-electron chi connectivity index (χ2n) is 3.88. The van der Waals surface area contributed by atoms with Crippen molar-refractivity contribution in [2.45, 2.75) is 25.9 Å². The minimum atomic E-state index is -0.137. The van der Waals surface area contributed by atoms with Crippen molar-refractivity contribution >= 4 is 18.4 Å². The van der Waals surface area contributed by atoms with Crippen molar-refractivity contribution in [3.8, 4) is 0 Å². The first-order chi connectivity index (χ1) is 5.74. The van der Waals surface area contributed by atoms with E-state index in [1.165, 1.54) is 26.4 Å². The largest absolute Gasteiger partial charge is 0.461 e. The summed E-state index contributed by atoms with van der Waals surface area (Å²) in [5.74, 6) is 0.644. The molecule has 2 aliphatic heterocycles. The van der Waals surface area contributed by atoms with Crippen molar-refractivity contribution in [3.05, 3.63) is 0 Å². The predicted molar refractivity (Wildman–Crippen MR) is 52.0 cm³/mol. The van der Waals surface area contributed by atoms with Gasteiger partial charge in [0.05, 0.1) is 0 Å². The highest BCUT2D eigenvalue weighted by molar-refractivity contribution is 5.85. The lowest BCUT2D eigenvalue weighted by Crippen LogP contribution is -2.38. The molecule has 13 heavy (non-hydrogen) atoms. The van der Waals surface area contributed by atoms with Gasteiger partial charge < -0.3 is 4.74 Å². The van der Waals surface area contributed by atoms with E-state index in [2.05, 4.69) is 4.90 Å². The van der Waals surface area contributed by atoms with Crippen LogP contribution in [-0.4, -0.2) is 36.6 Å². The zero-order valence-electron chi connectivity index (χ0n) is 7.86. The third-order valence-corrected chi connectivity index (χ3v) is 2.76. The average Bonchev–Trinajstić information content (AvgIpc) is 2.29. The van der Waals surface area contributed by atoms with Crippen LogP contribution in [0.4, 0.5) is 0 Å². The Bertz CT molecular complexity index is 186. The Hall–Kier alpha value is -0.280. The minimum Gasteiger partial charge on any atom is -0.461 e. The van der Waals surface area contributed by atoms with E-state index in [0.717, 1.165) is 18.9 Å².